The lowest BCUT2D eigenvalue weighted by molar-refractivity contribution is -0.120. The van der Waals surface area contributed by atoms with Crippen LogP contribution in [-0.4, -0.2) is 73.0 Å². The molecule has 1 saturated carbocycles. The summed E-state index contributed by atoms with van der Waals surface area (Å²) < 4.78 is 10.6. The lowest BCUT2D eigenvalue weighted by Crippen LogP contribution is -2.29. The average Bonchev–Trinajstić information content (AvgIpc) is 2.90. The largest absolute Gasteiger partial charge is 0.378 e. The maximum absolute atomic E-state index is 12.2. The van der Waals surface area contributed by atoms with Crippen molar-refractivity contribution in [1.29, 1.82) is 0 Å². The topological polar surface area (TPSA) is 148 Å². The van der Waals surface area contributed by atoms with Gasteiger partial charge in [-0.05, 0) is 30.5 Å². The van der Waals surface area contributed by atoms with E-state index in [2.05, 4.69) is 42.8 Å². The second-order valence-electron chi connectivity index (χ2n) is 8.82. The molecule has 1 aromatic carbocycles. The smallest absolute Gasteiger partial charge is 0.233 e. The molecule has 37 heavy (non-hydrogen) atoms. The van der Waals surface area contributed by atoms with Crippen molar-refractivity contribution in [3.63, 3.8) is 0 Å². The van der Waals surface area contributed by atoms with Crippen LogP contribution in [-0.2, 0) is 20.7 Å². The van der Waals surface area contributed by atoms with Gasteiger partial charge in [0.05, 0.1) is 32.8 Å². The number of nitrogens with one attached hydrogen (secondary N) is 4. The summed E-state index contributed by atoms with van der Waals surface area (Å²) in [5.41, 5.74) is 7.08. The van der Waals surface area contributed by atoms with E-state index in [1.165, 1.54) is 19.3 Å². The second-order valence-corrected chi connectivity index (χ2v) is 8.82. The number of ether oxygens (including phenoxy) is 2. The molecule has 11 heteroatoms. The van der Waals surface area contributed by atoms with E-state index in [0.717, 1.165) is 24.1 Å². The summed E-state index contributed by atoms with van der Waals surface area (Å²) in [7, 11) is 0. The van der Waals surface area contributed by atoms with Crippen molar-refractivity contribution in [2.24, 2.45) is 5.73 Å². The Bertz CT molecular complexity index is 951. The van der Waals surface area contributed by atoms with Crippen LogP contribution in [0.3, 0.4) is 0 Å². The maximum Gasteiger partial charge on any atom is 0.233 e. The Morgan fingerprint density at radius 1 is 0.973 bits per heavy atom. The van der Waals surface area contributed by atoms with Crippen LogP contribution < -0.4 is 27.0 Å². The highest BCUT2D eigenvalue weighted by molar-refractivity contribution is 5.78. The van der Waals surface area contributed by atoms with Gasteiger partial charge in [-0.3, -0.25) is 4.79 Å². The van der Waals surface area contributed by atoms with Gasteiger partial charge >= 0.3 is 0 Å². The van der Waals surface area contributed by atoms with Gasteiger partial charge in [0.25, 0.3) is 0 Å². The Labute approximate surface area is 219 Å². The Balaban J connectivity index is 1.48. The molecule has 0 saturated heterocycles. The minimum atomic E-state index is -0.0579. The van der Waals surface area contributed by atoms with Crippen LogP contribution in [0.15, 0.2) is 36.9 Å². The zero-order valence-corrected chi connectivity index (χ0v) is 21.5. The molecule has 2 aromatic rings. The molecule has 1 fully saturated rings. The molecule has 6 N–H and O–H groups in total. The van der Waals surface area contributed by atoms with Gasteiger partial charge in [0, 0.05) is 31.4 Å². The molecule has 1 aliphatic rings. The number of benzene rings is 1. The van der Waals surface area contributed by atoms with Gasteiger partial charge in [0.15, 0.2) is 0 Å². The van der Waals surface area contributed by atoms with Gasteiger partial charge in [-0.15, -0.1) is 6.58 Å². The number of nitrogens with two attached hydrogens (primary N) is 1. The number of amides is 1. The highest BCUT2D eigenvalue weighted by atomic mass is 16.5. The first kappa shape index (κ1) is 28.3. The first-order chi connectivity index (χ1) is 18.2. The van der Waals surface area contributed by atoms with Crippen LogP contribution in [0.1, 0.15) is 37.7 Å². The fourth-order valence-corrected chi connectivity index (χ4v) is 3.92. The molecule has 0 bridgehead atoms. The summed E-state index contributed by atoms with van der Waals surface area (Å²) >= 11 is 0. The lowest BCUT2D eigenvalue weighted by atomic mass is 9.96. The van der Waals surface area contributed by atoms with Crippen LogP contribution in [0, 0.1) is 0 Å². The van der Waals surface area contributed by atoms with Gasteiger partial charge in [0.2, 0.25) is 23.8 Å². The first-order valence-electron chi connectivity index (χ1n) is 13.0. The van der Waals surface area contributed by atoms with Gasteiger partial charge in [-0.25, -0.2) is 0 Å². The summed E-state index contributed by atoms with van der Waals surface area (Å²) in [5.74, 6) is 1.42. The SMILES string of the molecule is C=CCNc1nc(Nc2ccc(CC(=O)NCCOCCOCCN)cc2)nc(NC2CCCCC2)n1. The number of hydrogen-bond acceptors (Lipinski definition) is 10. The zero-order valence-electron chi connectivity index (χ0n) is 21.5. The molecule has 11 nitrogen and oxygen atoms in total. The number of nitrogens with zero attached hydrogens (tertiary/aromatic N) is 3. The third-order valence-corrected chi connectivity index (χ3v) is 5.76. The summed E-state index contributed by atoms with van der Waals surface area (Å²) in [4.78, 5) is 25.8. The van der Waals surface area contributed by atoms with Gasteiger partial charge in [0.1, 0.15) is 0 Å². The van der Waals surface area contributed by atoms with Crippen molar-refractivity contribution in [2.75, 3.05) is 62.0 Å². The molecule has 1 aromatic heterocycles. The molecule has 3 rings (SSSR count). The number of carbonyl (C=O) groups is 1. The third kappa shape index (κ3) is 11.1. The average molecular weight is 513 g/mol. The Morgan fingerprint density at radius 3 is 2.41 bits per heavy atom. The van der Waals surface area contributed by atoms with Crippen molar-refractivity contribution < 1.29 is 14.3 Å². The highest BCUT2D eigenvalue weighted by Crippen LogP contribution is 2.22. The normalized spacial score (nSPS) is 13.6. The quantitative estimate of drug-likeness (QED) is 0.158. The number of aromatic nitrogens is 3. The molecular formula is C26H40N8O3. The molecule has 202 valence electrons. The van der Waals surface area contributed by atoms with Gasteiger partial charge in [-0.2, -0.15) is 15.0 Å². The van der Waals surface area contributed by atoms with E-state index in [4.69, 9.17) is 15.2 Å². The summed E-state index contributed by atoms with van der Waals surface area (Å²) in [5, 5.41) is 12.7. The van der Waals surface area contributed by atoms with Crippen LogP contribution in [0.5, 0.6) is 0 Å². The highest BCUT2D eigenvalue weighted by Gasteiger charge is 2.16. The molecular weight excluding hydrogens is 472 g/mol. The van der Waals surface area contributed by atoms with Crippen LogP contribution >= 0.6 is 0 Å². The minimum absolute atomic E-state index is 0.0579. The number of anilines is 4. The molecule has 0 spiro atoms. The molecule has 1 aliphatic carbocycles. The van der Waals surface area contributed by atoms with Crippen molar-refractivity contribution >= 4 is 29.4 Å². The zero-order chi connectivity index (χ0) is 26.1. The molecule has 0 atom stereocenters. The molecule has 1 heterocycles. The molecule has 0 unspecified atom stereocenters. The van der Waals surface area contributed by atoms with Crippen molar-refractivity contribution in [3.8, 4) is 0 Å². The standard InChI is InChI=1S/C26H40N8O3/c1-2-13-29-24-32-25(30-21-6-4-3-5-7-21)34-26(33-24)31-22-10-8-20(9-11-22)19-23(35)28-14-16-37-18-17-36-15-12-27/h2,8-11,21H,1,3-7,12-19,27H2,(H,28,35)(H3,29,30,31,32,33,34). The summed E-state index contributed by atoms with van der Waals surface area (Å²) in [6, 6.07) is 8.01. The van der Waals surface area contributed by atoms with Crippen LogP contribution in [0.4, 0.5) is 23.5 Å². The Kier molecular flexibility index (Phi) is 12.6. The van der Waals surface area contributed by atoms with E-state index in [0.29, 0.717) is 69.9 Å². The number of hydrogen-bond donors (Lipinski definition) is 5. The van der Waals surface area contributed by atoms with Gasteiger partial charge in [-0.1, -0.05) is 37.5 Å². The Hall–Kier alpha value is -3.28. The first-order valence-corrected chi connectivity index (χ1v) is 13.0. The fourth-order valence-electron chi connectivity index (χ4n) is 3.92. The molecule has 0 aliphatic heterocycles. The number of rotatable bonds is 17. The second kappa shape index (κ2) is 16.5. The predicted molar refractivity (Wildman–Crippen MR) is 146 cm³/mol. The summed E-state index contributed by atoms with van der Waals surface area (Å²) in [6.07, 6.45) is 8.01. The summed E-state index contributed by atoms with van der Waals surface area (Å²) in [6.45, 7) is 7.19. The Morgan fingerprint density at radius 2 is 1.68 bits per heavy atom. The number of carbonyl (C=O) groups excluding carboxylic acids is 1. The van der Waals surface area contributed by atoms with E-state index in [-0.39, 0.29) is 12.3 Å². The van der Waals surface area contributed by atoms with Crippen molar-refractivity contribution in [3.05, 3.63) is 42.5 Å². The van der Waals surface area contributed by atoms with E-state index in [1.54, 1.807) is 6.08 Å². The van der Waals surface area contributed by atoms with E-state index in [9.17, 15) is 4.79 Å². The van der Waals surface area contributed by atoms with E-state index < -0.39 is 0 Å². The van der Waals surface area contributed by atoms with Crippen LogP contribution in [0.2, 0.25) is 0 Å². The predicted octanol–water partition coefficient (Wildman–Crippen LogP) is 2.61. The van der Waals surface area contributed by atoms with Gasteiger partial charge < -0.3 is 36.5 Å². The third-order valence-electron chi connectivity index (χ3n) is 5.76. The van der Waals surface area contributed by atoms with E-state index in [1.807, 2.05) is 24.3 Å². The van der Waals surface area contributed by atoms with Crippen molar-refractivity contribution in [2.45, 2.75) is 44.6 Å². The monoisotopic (exact) mass is 512 g/mol. The van der Waals surface area contributed by atoms with Crippen LogP contribution in [0.25, 0.3) is 0 Å². The lowest BCUT2D eigenvalue weighted by Gasteiger charge is -2.23. The molecule has 0 radical (unpaired) electrons. The maximum atomic E-state index is 12.2. The van der Waals surface area contributed by atoms with E-state index >= 15 is 0 Å². The fraction of sp³-hybridized carbons (Fsp3) is 0.538. The van der Waals surface area contributed by atoms with Crippen molar-refractivity contribution in [1.82, 2.24) is 20.3 Å². The molecule has 1 amide bonds. The minimum Gasteiger partial charge on any atom is -0.378 e.